The van der Waals surface area contributed by atoms with Gasteiger partial charge in [0.25, 0.3) is 15.9 Å². The first-order chi connectivity index (χ1) is 21.6. The van der Waals surface area contributed by atoms with E-state index in [2.05, 4.69) is 44.3 Å². The van der Waals surface area contributed by atoms with E-state index in [1.165, 1.54) is 42.5 Å². The SMILES string of the molecule is CC1(C)CCC(CCCNc2cccc(S(=O)(=O)NC(=O)c3ccc(-n4ccc(OCCC(C5CC5)C5CC5)n4)nc3Cl)n2)N1. The third-order valence-electron chi connectivity index (χ3n) is 9.01. The average Bonchev–Trinajstić information content (AvgIpc) is 3.94. The molecule has 0 radical (unpaired) electrons. The maximum Gasteiger partial charge on any atom is 0.281 e. The van der Waals surface area contributed by atoms with Crippen LogP contribution in [0.5, 0.6) is 5.88 Å². The van der Waals surface area contributed by atoms with E-state index >= 15 is 0 Å². The molecule has 3 aromatic heterocycles. The molecule has 0 spiro atoms. The summed E-state index contributed by atoms with van der Waals surface area (Å²) in [7, 11) is -4.26. The summed E-state index contributed by atoms with van der Waals surface area (Å²) in [4.78, 5) is 21.4. The molecule has 45 heavy (non-hydrogen) atoms. The van der Waals surface area contributed by atoms with E-state index < -0.39 is 15.9 Å². The predicted molar refractivity (Wildman–Crippen MR) is 172 cm³/mol. The summed E-state index contributed by atoms with van der Waals surface area (Å²) in [6.45, 7) is 5.71. The molecule has 3 aliphatic rings. The zero-order chi connectivity index (χ0) is 31.6. The van der Waals surface area contributed by atoms with Crippen molar-refractivity contribution in [2.75, 3.05) is 18.5 Å². The molecule has 0 aromatic carbocycles. The number of carbonyl (C=O) groups is 1. The lowest BCUT2D eigenvalue weighted by Crippen LogP contribution is -2.37. The van der Waals surface area contributed by atoms with Crippen LogP contribution in [0, 0.1) is 17.8 Å². The Balaban J connectivity index is 1.01. The van der Waals surface area contributed by atoms with Gasteiger partial charge in [-0.2, -0.15) is 8.42 Å². The molecule has 1 amide bonds. The molecule has 0 bridgehead atoms. The van der Waals surface area contributed by atoms with Crippen LogP contribution in [0.3, 0.4) is 0 Å². The van der Waals surface area contributed by atoms with Gasteiger partial charge >= 0.3 is 0 Å². The first-order valence-corrected chi connectivity index (χ1v) is 17.8. The van der Waals surface area contributed by atoms with Crippen molar-refractivity contribution in [3.05, 3.63) is 53.3 Å². The van der Waals surface area contributed by atoms with Gasteiger partial charge in [0.1, 0.15) is 11.0 Å². The Morgan fingerprint density at radius 1 is 1.11 bits per heavy atom. The minimum atomic E-state index is -4.26. The number of hydrogen-bond acceptors (Lipinski definition) is 9. The molecule has 2 saturated carbocycles. The van der Waals surface area contributed by atoms with Crippen molar-refractivity contribution in [1.29, 1.82) is 0 Å². The minimum Gasteiger partial charge on any atom is -0.477 e. The molecular weight excluding hydrogens is 614 g/mol. The number of pyridine rings is 2. The summed E-state index contributed by atoms with van der Waals surface area (Å²) in [5.41, 5.74) is 0.0959. The van der Waals surface area contributed by atoms with Crippen LogP contribution in [0.4, 0.5) is 5.82 Å². The average molecular weight is 656 g/mol. The van der Waals surface area contributed by atoms with E-state index in [1.807, 2.05) is 0 Å². The van der Waals surface area contributed by atoms with Crippen molar-refractivity contribution >= 4 is 33.3 Å². The van der Waals surface area contributed by atoms with Gasteiger partial charge in [-0.15, -0.1) is 5.10 Å². The van der Waals surface area contributed by atoms with Crippen molar-refractivity contribution < 1.29 is 17.9 Å². The van der Waals surface area contributed by atoms with Crippen molar-refractivity contribution in [3.63, 3.8) is 0 Å². The molecule has 1 aliphatic heterocycles. The standard InChI is InChI=1S/C32H42ClN7O4S/c1-32(2)17-14-23(37-32)5-4-18-34-26-6-3-7-29(35-26)45(42,43)39-31(41)25-12-13-27(36-30(25)33)40-19-15-28(38-40)44-20-16-24(21-8-9-21)22-10-11-22/h3,6-7,12-13,15,19,21-24,37H,4-5,8-11,14,16-18,20H2,1-2H3,(H,34,35)(H,39,41). The second-order valence-corrected chi connectivity index (χ2v) is 15.2. The van der Waals surface area contributed by atoms with Gasteiger partial charge in [0.05, 0.1) is 12.2 Å². The van der Waals surface area contributed by atoms with E-state index in [1.54, 1.807) is 30.5 Å². The van der Waals surface area contributed by atoms with Crippen molar-refractivity contribution in [1.82, 2.24) is 29.8 Å². The number of nitrogens with one attached hydrogen (secondary N) is 3. The van der Waals surface area contributed by atoms with Gasteiger partial charge in [-0.3, -0.25) is 4.79 Å². The van der Waals surface area contributed by atoms with Gasteiger partial charge in [-0.05, 0) is 114 Å². The molecule has 4 heterocycles. The Hall–Kier alpha value is -3.22. The quantitative estimate of drug-likeness (QED) is 0.146. The Morgan fingerprint density at radius 2 is 1.89 bits per heavy atom. The number of aromatic nitrogens is 4. The molecule has 11 nitrogen and oxygen atoms in total. The third-order valence-corrected chi connectivity index (χ3v) is 10.5. The second kappa shape index (κ2) is 13.3. The number of sulfonamides is 1. The van der Waals surface area contributed by atoms with Gasteiger partial charge < -0.3 is 15.4 Å². The molecule has 3 fully saturated rings. The van der Waals surface area contributed by atoms with Crippen LogP contribution in [-0.2, 0) is 10.0 Å². The van der Waals surface area contributed by atoms with E-state index in [9.17, 15) is 13.2 Å². The lowest BCUT2D eigenvalue weighted by molar-refractivity contribution is 0.0981. The molecule has 6 rings (SSSR count). The van der Waals surface area contributed by atoms with Gasteiger partial charge in [0.15, 0.2) is 10.8 Å². The largest absolute Gasteiger partial charge is 0.477 e. The molecule has 3 N–H and O–H groups in total. The number of carbonyl (C=O) groups excluding carboxylic acids is 1. The minimum absolute atomic E-state index is 0.0863. The summed E-state index contributed by atoms with van der Waals surface area (Å²) in [5.74, 6) is 2.90. The third kappa shape index (κ3) is 8.33. The number of ether oxygens (including phenoxy) is 1. The van der Waals surface area contributed by atoms with Crippen molar-refractivity contribution in [2.45, 2.75) is 88.2 Å². The topological polar surface area (TPSA) is 140 Å². The summed E-state index contributed by atoms with van der Waals surface area (Å²) >= 11 is 6.33. The van der Waals surface area contributed by atoms with Crippen LogP contribution in [0.15, 0.2) is 47.6 Å². The first kappa shape index (κ1) is 31.7. The fraction of sp³-hybridized carbons (Fsp3) is 0.562. The fourth-order valence-corrected chi connectivity index (χ4v) is 7.51. The number of hydrogen-bond donors (Lipinski definition) is 3. The highest BCUT2D eigenvalue weighted by Gasteiger charge is 2.41. The molecule has 2 aliphatic carbocycles. The summed E-state index contributed by atoms with van der Waals surface area (Å²) in [6.07, 6.45) is 12.4. The van der Waals surface area contributed by atoms with Crippen LogP contribution < -0.4 is 20.1 Å². The summed E-state index contributed by atoms with van der Waals surface area (Å²) in [6, 6.07) is 9.83. The lowest BCUT2D eigenvalue weighted by Gasteiger charge is -2.20. The van der Waals surface area contributed by atoms with Gasteiger partial charge in [-0.1, -0.05) is 17.7 Å². The maximum absolute atomic E-state index is 13.0. The fourth-order valence-electron chi connectivity index (χ4n) is 6.34. The summed E-state index contributed by atoms with van der Waals surface area (Å²) in [5, 5.41) is 10.8. The zero-order valence-electron chi connectivity index (χ0n) is 25.8. The van der Waals surface area contributed by atoms with Crippen molar-refractivity contribution in [2.24, 2.45) is 17.8 Å². The van der Waals surface area contributed by atoms with Gasteiger partial charge in [0, 0.05) is 30.4 Å². The highest BCUT2D eigenvalue weighted by atomic mass is 35.5. The van der Waals surface area contributed by atoms with Crippen LogP contribution >= 0.6 is 11.6 Å². The summed E-state index contributed by atoms with van der Waals surface area (Å²) < 4.78 is 35.5. The van der Waals surface area contributed by atoms with Crippen LogP contribution in [0.25, 0.3) is 5.82 Å². The first-order valence-electron chi connectivity index (χ1n) is 16.0. The van der Waals surface area contributed by atoms with E-state index in [0.717, 1.165) is 49.9 Å². The Morgan fingerprint density at radius 3 is 2.58 bits per heavy atom. The number of anilines is 1. The number of nitrogens with zero attached hydrogens (tertiary/aromatic N) is 4. The molecule has 1 unspecified atom stereocenters. The molecule has 13 heteroatoms. The molecule has 242 valence electrons. The van der Waals surface area contributed by atoms with E-state index in [-0.39, 0.29) is 21.3 Å². The number of rotatable bonds is 15. The Bertz CT molecular complexity index is 1610. The van der Waals surface area contributed by atoms with Gasteiger partial charge in [-0.25, -0.2) is 19.4 Å². The van der Waals surface area contributed by atoms with Crippen LogP contribution in [-0.4, -0.2) is 58.8 Å². The van der Waals surface area contributed by atoms with Crippen LogP contribution in [0.1, 0.15) is 82.0 Å². The monoisotopic (exact) mass is 655 g/mol. The second-order valence-electron chi connectivity index (χ2n) is 13.2. The van der Waals surface area contributed by atoms with E-state index in [4.69, 9.17) is 16.3 Å². The van der Waals surface area contributed by atoms with Crippen molar-refractivity contribution in [3.8, 4) is 11.7 Å². The lowest BCUT2D eigenvalue weighted by atomic mass is 9.95. The Kier molecular flexibility index (Phi) is 9.35. The number of halogens is 1. The normalized spacial score (nSPS) is 19.5. The van der Waals surface area contributed by atoms with Gasteiger partial charge in [0.2, 0.25) is 5.88 Å². The Labute approximate surface area is 269 Å². The molecule has 3 aromatic rings. The molecule has 1 saturated heterocycles. The van der Waals surface area contributed by atoms with E-state index in [0.29, 0.717) is 36.7 Å². The maximum atomic E-state index is 13.0. The zero-order valence-corrected chi connectivity index (χ0v) is 27.4. The predicted octanol–water partition coefficient (Wildman–Crippen LogP) is 5.36. The molecular formula is C32H42ClN7O4S. The number of amides is 1. The molecule has 1 atom stereocenters. The highest BCUT2D eigenvalue weighted by molar-refractivity contribution is 7.90. The smallest absolute Gasteiger partial charge is 0.281 e. The highest BCUT2D eigenvalue weighted by Crippen LogP contribution is 2.50. The van der Waals surface area contributed by atoms with Crippen LogP contribution in [0.2, 0.25) is 5.15 Å².